The number of nitrogens with zero attached hydrogens (tertiary/aromatic N) is 1. The van der Waals surface area contributed by atoms with Crippen molar-refractivity contribution in [2.45, 2.75) is 26.7 Å². The first-order chi connectivity index (χ1) is 8.58. The quantitative estimate of drug-likeness (QED) is 0.844. The lowest BCUT2D eigenvalue weighted by Gasteiger charge is -2.20. The summed E-state index contributed by atoms with van der Waals surface area (Å²) in [5.74, 6) is 0.483. The van der Waals surface area contributed by atoms with Crippen molar-refractivity contribution in [3.8, 4) is 0 Å². The van der Waals surface area contributed by atoms with Gasteiger partial charge in [0.25, 0.3) is 0 Å². The van der Waals surface area contributed by atoms with Crippen LogP contribution in [0.1, 0.15) is 32.3 Å². The van der Waals surface area contributed by atoms with Crippen molar-refractivity contribution >= 4 is 11.7 Å². The van der Waals surface area contributed by atoms with Gasteiger partial charge in [0.15, 0.2) is 0 Å². The molecule has 1 rings (SSSR count). The lowest BCUT2D eigenvalue weighted by Crippen LogP contribution is -2.36. The third-order valence-electron chi connectivity index (χ3n) is 2.87. The summed E-state index contributed by atoms with van der Waals surface area (Å²) in [7, 11) is 0. The Morgan fingerprint density at radius 1 is 1.33 bits per heavy atom. The van der Waals surface area contributed by atoms with Gasteiger partial charge in [-0.05, 0) is 30.5 Å². The van der Waals surface area contributed by atoms with Gasteiger partial charge in [0.2, 0.25) is 0 Å². The van der Waals surface area contributed by atoms with Crippen molar-refractivity contribution in [2.75, 3.05) is 25.0 Å². The number of urea groups is 1. The molecule has 0 atom stereocenters. The molecule has 0 aliphatic carbocycles. The number of anilines is 1. The first-order valence-corrected chi connectivity index (χ1v) is 6.35. The summed E-state index contributed by atoms with van der Waals surface area (Å²) in [6.07, 6.45) is 0. The minimum Gasteiger partial charge on any atom is -0.395 e. The van der Waals surface area contributed by atoms with E-state index in [1.807, 2.05) is 31.2 Å². The van der Waals surface area contributed by atoms with Crippen LogP contribution in [0, 0.1) is 0 Å². The number of benzene rings is 1. The zero-order chi connectivity index (χ0) is 13.5. The monoisotopic (exact) mass is 250 g/mol. The van der Waals surface area contributed by atoms with Crippen molar-refractivity contribution in [1.29, 1.82) is 0 Å². The molecule has 4 heteroatoms. The molecule has 0 aliphatic heterocycles. The number of hydrogen-bond donors (Lipinski definition) is 2. The zero-order valence-electron chi connectivity index (χ0n) is 11.3. The molecule has 0 aromatic heterocycles. The summed E-state index contributed by atoms with van der Waals surface area (Å²) in [6, 6.07) is 7.66. The minimum absolute atomic E-state index is 0.0203. The van der Waals surface area contributed by atoms with E-state index in [1.54, 1.807) is 4.90 Å². The zero-order valence-corrected chi connectivity index (χ0v) is 11.3. The topological polar surface area (TPSA) is 52.6 Å². The van der Waals surface area contributed by atoms with Crippen LogP contribution in [0.3, 0.4) is 0 Å². The molecular formula is C14H22N2O2. The van der Waals surface area contributed by atoms with E-state index in [-0.39, 0.29) is 12.6 Å². The molecule has 0 radical (unpaired) electrons. The normalized spacial score (nSPS) is 10.5. The van der Waals surface area contributed by atoms with E-state index in [4.69, 9.17) is 5.11 Å². The van der Waals surface area contributed by atoms with Gasteiger partial charge in [-0.3, -0.25) is 0 Å². The Labute approximate surface area is 109 Å². The molecule has 0 saturated heterocycles. The maximum absolute atomic E-state index is 11.9. The highest BCUT2D eigenvalue weighted by Gasteiger charge is 2.10. The van der Waals surface area contributed by atoms with E-state index in [0.29, 0.717) is 19.0 Å². The lowest BCUT2D eigenvalue weighted by molar-refractivity contribution is 0.192. The molecule has 1 aromatic rings. The van der Waals surface area contributed by atoms with E-state index < -0.39 is 0 Å². The highest BCUT2D eigenvalue weighted by Crippen LogP contribution is 2.17. The van der Waals surface area contributed by atoms with Crippen molar-refractivity contribution in [3.63, 3.8) is 0 Å². The summed E-state index contributed by atoms with van der Waals surface area (Å²) in [5.41, 5.74) is 2.02. The number of rotatable bonds is 5. The molecule has 0 spiro atoms. The van der Waals surface area contributed by atoms with Crippen molar-refractivity contribution in [3.05, 3.63) is 29.8 Å². The van der Waals surface area contributed by atoms with Crippen LogP contribution in [-0.4, -0.2) is 35.7 Å². The predicted octanol–water partition coefficient (Wildman–Crippen LogP) is 2.66. The van der Waals surface area contributed by atoms with E-state index in [2.05, 4.69) is 19.2 Å². The molecule has 18 heavy (non-hydrogen) atoms. The van der Waals surface area contributed by atoms with Gasteiger partial charge in [0, 0.05) is 18.8 Å². The molecule has 0 unspecified atom stereocenters. The highest BCUT2D eigenvalue weighted by molar-refractivity contribution is 5.89. The maximum atomic E-state index is 11.9. The molecule has 0 heterocycles. The average molecular weight is 250 g/mol. The predicted molar refractivity (Wildman–Crippen MR) is 73.9 cm³/mol. The smallest absolute Gasteiger partial charge is 0.321 e. The van der Waals surface area contributed by atoms with Gasteiger partial charge in [0.1, 0.15) is 0 Å². The Kier molecular flexibility index (Phi) is 5.65. The second-order valence-electron chi connectivity index (χ2n) is 4.51. The fourth-order valence-corrected chi connectivity index (χ4v) is 1.68. The van der Waals surface area contributed by atoms with Crippen LogP contribution in [-0.2, 0) is 0 Å². The molecule has 0 saturated carbocycles. The van der Waals surface area contributed by atoms with Gasteiger partial charge in [-0.1, -0.05) is 26.0 Å². The number of nitrogens with one attached hydrogen (secondary N) is 1. The first kappa shape index (κ1) is 14.5. The number of hydrogen-bond acceptors (Lipinski definition) is 2. The molecule has 0 aliphatic rings. The van der Waals surface area contributed by atoms with E-state index >= 15 is 0 Å². The SMILES string of the molecule is CCN(CCO)C(=O)Nc1ccc(C(C)C)cc1. The number of amides is 2. The summed E-state index contributed by atoms with van der Waals surface area (Å²) in [5, 5.41) is 11.7. The van der Waals surface area contributed by atoms with Gasteiger partial charge in [0.05, 0.1) is 6.61 Å². The number of aliphatic hydroxyl groups is 1. The van der Waals surface area contributed by atoms with Crippen LogP contribution in [0.15, 0.2) is 24.3 Å². The minimum atomic E-state index is -0.177. The third-order valence-corrected chi connectivity index (χ3v) is 2.87. The first-order valence-electron chi connectivity index (χ1n) is 6.35. The maximum Gasteiger partial charge on any atom is 0.321 e. The van der Waals surface area contributed by atoms with Gasteiger partial charge in [-0.25, -0.2) is 4.79 Å². The van der Waals surface area contributed by atoms with Gasteiger partial charge < -0.3 is 15.3 Å². The second-order valence-corrected chi connectivity index (χ2v) is 4.51. The summed E-state index contributed by atoms with van der Waals surface area (Å²) in [4.78, 5) is 13.4. The van der Waals surface area contributed by atoms with Crippen LogP contribution >= 0.6 is 0 Å². The standard InChI is InChI=1S/C14H22N2O2/c1-4-16(9-10-17)14(18)15-13-7-5-12(6-8-13)11(2)3/h5-8,11,17H,4,9-10H2,1-3H3,(H,15,18). The number of carbonyl (C=O) groups is 1. The summed E-state index contributed by atoms with van der Waals surface area (Å²) < 4.78 is 0. The molecule has 0 bridgehead atoms. The third kappa shape index (κ3) is 4.04. The van der Waals surface area contributed by atoms with Crippen molar-refractivity contribution in [2.24, 2.45) is 0 Å². The van der Waals surface area contributed by atoms with Crippen LogP contribution in [0.2, 0.25) is 0 Å². The largest absolute Gasteiger partial charge is 0.395 e. The Morgan fingerprint density at radius 3 is 2.39 bits per heavy atom. The molecule has 0 fully saturated rings. The van der Waals surface area contributed by atoms with E-state index in [9.17, 15) is 4.79 Å². The second kappa shape index (κ2) is 7.01. The molecule has 2 amide bonds. The Bertz CT molecular complexity index is 374. The highest BCUT2D eigenvalue weighted by atomic mass is 16.3. The Morgan fingerprint density at radius 2 is 1.94 bits per heavy atom. The fourth-order valence-electron chi connectivity index (χ4n) is 1.68. The van der Waals surface area contributed by atoms with Crippen LogP contribution in [0.5, 0.6) is 0 Å². The van der Waals surface area contributed by atoms with E-state index in [1.165, 1.54) is 5.56 Å². The van der Waals surface area contributed by atoms with Gasteiger partial charge in [-0.2, -0.15) is 0 Å². The Hall–Kier alpha value is -1.55. The van der Waals surface area contributed by atoms with Gasteiger partial charge in [-0.15, -0.1) is 0 Å². The average Bonchev–Trinajstić information content (AvgIpc) is 2.36. The summed E-state index contributed by atoms with van der Waals surface area (Å²) in [6.45, 7) is 7.06. The van der Waals surface area contributed by atoms with E-state index in [0.717, 1.165) is 5.69 Å². The van der Waals surface area contributed by atoms with Crippen molar-refractivity contribution in [1.82, 2.24) is 4.90 Å². The number of aliphatic hydroxyl groups excluding tert-OH is 1. The Balaban J connectivity index is 2.63. The molecule has 2 N–H and O–H groups in total. The fraction of sp³-hybridized carbons (Fsp3) is 0.500. The van der Waals surface area contributed by atoms with Crippen LogP contribution in [0.25, 0.3) is 0 Å². The molecule has 1 aromatic carbocycles. The van der Waals surface area contributed by atoms with Crippen LogP contribution < -0.4 is 5.32 Å². The summed E-state index contributed by atoms with van der Waals surface area (Å²) >= 11 is 0. The molecule has 4 nitrogen and oxygen atoms in total. The van der Waals surface area contributed by atoms with Crippen LogP contribution in [0.4, 0.5) is 10.5 Å². The number of carbonyl (C=O) groups excluding carboxylic acids is 1. The van der Waals surface area contributed by atoms with Crippen molar-refractivity contribution < 1.29 is 9.90 Å². The van der Waals surface area contributed by atoms with Gasteiger partial charge >= 0.3 is 6.03 Å². The molecular weight excluding hydrogens is 228 g/mol. The molecule has 100 valence electrons. The number of likely N-dealkylation sites (N-methyl/N-ethyl adjacent to an activating group) is 1. The lowest BCUT2D eigenvalue weighted by atomic mass is 10.0.